The first-order valence-electron chi connectivity index (χ1n) is 5.69. The molecule has 19 heavy (non-hydrogen) atoms. The van der Waals surface area contributed by atoms with Crippen LogP contribution in [-0.4, -0.2) is 13.7 Å². The molecule has 3 N–H and O–H groups in total. The average molecular weight is 301 g/mol. The summed E-state index contributed by atoms with van der Waals surface area (Å²) < 4.78 is 19.0. The van der Waals surface area contributed by atoms with E-state index in [4.69, 9.17) is 22.1 Å². The van der Waals surface area contributed by atoms with Gasteiger partial charge in [-0.2, -0.15) is 0 Å². The van der Waals surface area contributed by atoms with Gasteiger partial charge in [0.05, 0.1) is 17.5 Å². The summed E-state index contributed by atoms with van der Waals surface area (Å²) in [6.07, 6.45) is 0. The summed E-state index contributed by atoms with van der Waals surface area (Å²) in [6.45, 7) is 0.413. The molecule has 0 radical (unpaired) electrons. The number of nitrogens with two attached hydrogens (primary N) is 1. The van der Waals surface area contributed by atoms with Crippen molar-refractivity contribution in [1.29, 1.82) is 0 Å². The third kappa shape index (κ3) is 3.37. The quantitative estimate of drug-likeness (QED) is 0.886. The zero-order chi connectivity index (χ0) is 13.8. The van der Waals surface area contributed by atoms with Crippen molar-refractivity contribution in [3.8, 4) is 5.75 Å². The van der Waals surface area contributed by atoms with Crippen molar-refractivity contribution in [2.45, 2.75) is 6.04 Å². The Labute approximate surface area is 120 Å². The van der Waals surface area contributed by atoms with Gasteiger partial charge in [0.15, 0.2) is 11.6 Å². The predicted molar refractivity (Wildman–Crippen MR) is 77.7 cm³/mol. The van der Waals surface area contributed by atoms with Gasteiger partial charge in [-0.3, -0.25) is 0 Å². The van der Waals surface area contributed by atoms with Gasteiger partial charge in [0, 0.05) is 23.2 Å². The molecule has 0 aliphatic heterocycles. The largest absolute Gasteiger partial charge is 0.494 e. The van der Waals surface area contributed by atoms with E-state index in [1.54, 1.807) is 12.1 Å². The monoisotopic (exact) mass is 300 g/mol. The minimum Gasteiger partial charge on any atom is -0.494 e. The second kappa shape index (κ2) is 6.23. The summed E-state index contributed by atoms with van der Waals surface area (Å²) in [5.41, 5.74) is 6.51. The molecule has 6 heteroatoms. The van der Waals surface area contributed by atoms with Gasteiger partial charge >= 0.3 is 0 Å². The lowest BCUT2D eigenvalue weighted by Gasteiger charge is -2.17. The minimum atomic E-state index is -0.392. The number of hydrogen-bond donors (Lipinski definition) is 2. The smallest absolute Gasteiger partial charge is 0.165 e. The third-order valence-electron chi connectivity index (χ3n) is 2.67. The van der Waals surface area contributed by atoms with Crippen LogP contribution in [0.4, 0.5) is 10.1 Å². The highest BCUT2D eigenvalue weighted by atomic mass is 35.5. The van der Waals surface area contributed by atoms with Crippen LogP contribution in [0.3, 0.4) is 0 Å². The molecule has 0 bridgehead atoms. The summed E-state index contributed by atoms with van der Waals surface area (Å²) in [6, 6.07) is 8.31. The highest BCUT2D eigenvalue weighted by Crippen LogP contribution is 2.30. The summed E-state index contributed by atoms with van der Waals surface area (Å²) in [4.78, 5) is 1.04. The maximum Gasteiger partial charge on any atom is 0.165 e. The van der Waals surface area contributed by atoms with E-state index in [-0.39, 0.29) is 11.8 Å². The van der Waals surface area contributed by atoms with Gasteiger partial charge in [0.1, 0.15) is 0 Å². The molecule has 0 fully saturated rings. The van der Waals surface area contributed by atoms with Crippen molar-refractivity contribution in [2.75, 3.05) is 19.0 Å². The Kier molecular flexibility index (Phi) is 4.63. The summed E-state index contributed by atoms with van der Waals surface area (Å²) in [5, 5.41) is 3.24. The zero-order valence-corrected chi connectivity index (χ0v) is 11.9. The average Bonchev–Trinajstić information content (AvgIpc) is 2.84. The van der Waals surface area contributed by atoms with Crippen LogP contribution in [-0.2, 0) is 0 Å². The van der Waals surface area contributed by atoms with Crippen LogP contribution >= 0.6 is 22.9 Å². The van der Waals surface area contributed by atoms with Gasteiger partial charge in [-0.15, -0.1) is 11.3 Å². The molecule has 0 amide bonds. The predicted octanol–water partition coefficient (Wildman–Crippen LogP) is 3.66. The number of rotatable bonds is 5. The van der Waals surface area contributed by atoms with Gasteiger partial charge in [-0.25, -0.2) is 4.39 Å². The van der Waals surface area contributed by atoms with Crippen LogP contribution in [0.2, 0.25) is 4.34 Å². The van der Waals surface area contributed by atoms with E-state index < -0.39 is 5.82 Å². The van der Waals surface area contributed by atoms with Crippen molar-refractivity contribution in [2.24, 2.45) is 5.73 Å². The van der Waals surface area contributed by atoms with Crippen LogP contribution < -0.4 is 15.8 Å². The third-order valence-corrected chi connectivity index (χ3v) is 4.01. The fraction of sp³-hybridized carbons (Fsp3) is 0.231. The summed E-state index contributed by atoms with van der Waals surface area (Å²) >= 11 is 7.38. The first-order valence-corrected chi connectivity index (χ1v) is 6.89. The molecule has 1 aromatic carbocycles. The molecule has 0 saturated heterocycles. The number of ether oxygens (including phenoxy) is 1. The first-order chi connectivity index (χ1) is 9.13. The Morgan fingerprint density at radius 3 is 2.79 bits per heavy atom. The van der Waals surface area contributed by atoms with Gasteiger partial charge in [0.2, 0.25) is 0 Å². The molecule has 1 atom stereocenters. The Morgan fingerprint density at radius 1 is 1.42 bits per heavy atom. The summed E-state index contributed by atoms with van der Waals surface area (Å²) in [5.74, 6) is -0.193. The lowest BCUT2D eigenvalue weighted by molar-refractivity contribution is 0.387. The normalized spacial score (nSPS) is 12.2. The molecular formula is C13H14ClFN2OS. The number of benzene rings is 1. The molecule has 3 nitrogen and oxygen atoms in total. The molecule has 1 aromatic heterocycles. The first kappa shape index (κ1) is 14.1. The standard InChI is InChI=1S/C13H14ClFN2OS/c1-18-11-6-8(2-3-9(11)15)17-10(7-16)12-4-5-13(14)19-12/h2-6,10,17H,7,16H2,1H3. The Balaban J connectivity index is 2.18. The molecule has 0 spiro atoms. The molecule has 2 rings (SSSR count). The molecular weight excluding hydrogens is 287 g/mol. The highest BCUT2D eigenvalue weighted by molar-refractivity contribution is 7.16. The fourth-order valence-electron chi connectivity index (χ4n) is 1.71. The van der Waals surface area contributed by atoms with E-state index in [0.29, 0.717) is 10.9 Å². The van der Waals surface area contributed by atoms with E-state index in [0.717, 1.165) is 10.6 Å². The number of halogens is 2. The lowest BCUT2D eigenvalue weighted by atomic mass is 10.2. The SMILES string of the molecule is COc1cc(NC(CN)c2ccc(Cl)s2)ccc1F. The van der Waals surface area contributed by atoms with Crippen molar-refractivity contribution in [1.82, 2.24) is 0 Å². The number of nitrogens with one attached hydrogen (secondary N) is 1. The van der Waals surface area contributed by atoms with Crippen LogP contribution in [0.25, 0.3) is 0 Å². The van der Waals surface area contributed by atoms with Gasteiger partial charge < -0.3 is 15.8 Å². The van der Waals surface area contributed by atoms with E-state index in [1.807, 2.05) is 12.1 Å². The van der Waals surface area contributed by atoms with Crippen LogP contribution in [0.15, 0.2) is 30.3 Å². The van der Waals surface area contributed by atoms with Crippen LogP contribution in [0, 0.1) is 5.82 Å². The molecule has 1 heterocycles. The van der Waals surface area contributed by atoms with Gasteiger partial charge in [0.25, 0.3) is 0 Å². The van der Waals surface area contributed by atoms with E-state index >= 15 is 0 Å². The van der Waals surface area contributed by atoms with E-state index in [9.17, 15) is 4.39 Å². The highest BCUT2D eigenvalue weighted by Gasteiger charge is 2.13. The fourth-order valence-corrected chi connectivity index (χ4v) is 2.84. The number of anilines is 1. The maximum atomic E-state index is 13.3. The second-order valence-corrected chi connectivity index (χ2v) is 5.67. The van der Waals surface area contributed by atoms with Crippen molar-refractivity contribution < 1.29 is 9.13 Å². The van der Waals surface area contributed by atoms with Crippen LogP contribution in [0.5, 0.6) is 5.75 Å². The van der Waals surface area contributed by atoms with Crippen molar-refractivity contribution in [3.63, 3.8) is 0 Å². The number of methoxy groups -OCH3 is 1. The molecule has 0 saturated carbocycles. The molecule has 2 aromatic rings. The zero-order valence-electron chi connectivity index (χ0n) is 10.3. The number of hydrogen-bond acceptors (Lipinski definition) is 4. The topological polar surface area (TPSA) is 47.3 Å². The van der Waals surface area contributed by atoms with Gasteiger partial charge in [-0.1, -0.05) is 11.6 Å². The second-order valence-electron chi connectivity index (χ2n) is 3.92. The number of thiophene rings is 1. The van der Waals surface area contributed by atoms with Crippen molar-refractivity contribution >= 4 is 28.6 Å². The van der Waals surface area contributed by atoms with Crippen LogP contribution in [0.1, 0.15) is 10.9 Å². The molecule has 102 valence electrons. The Hall–Kier alpha value is -1.30. The Bertz CT molecular complexity index is 561. The minimum absolute atomic E-state index is 0.0623. The van der Waals surface area contributed by atoms with Gasteiger partial charge in [-0.05, 0) is 24.3 Å². The Morgan fingerprint density at radius 2 is 2.21 bits per heavy atom. The molecule has 0 aliphatic rings. The van der Waals surface area contributed by atoms with E-state index in [2.05, 4.69) is 5.32 Å². The molecule has 0 aliphatic carbocycles. The molecule has 1 unspecified atom stereocenters. The summed E-state index contributed by atoms with van der Waals surface area (Å²) in [7, 11) is 1.43. The lowest BCUT2D eigenvalue weighted by Crippen LogP contribution is -2.19. The van der Waals surface area contributed by atoms with E-state index in [1.165, 1.54) is 24.5 Å². The maximum absolute atomic E-state index is 13.3. The van der Waals surface area contributed by atoms with Crippen molar-refractivity contribution in [3.05, 3.63) is 45.4 Å².